The van der Waals surface area contributed by atoms with Crippen molar-refractivity contribution in [3.63, 3.8) is 0 Å². The SMILES string of the molecule is CS(=O)(=O)NCCNc1cc(Cl)nc(C2CC2)n1. The Labute approximate surface area is 111 Å². The summed E-state index contributed by atoms with van der Waals surface area (Å²) in [7, 11) is -3.15. The Kier molecular flexibility index (Phi) is 4.04. The van der Waals surface area contributed by atoms with Gasteiger partial charge < -0.3 is 5.32 Å². The molecule has 0 saturated heterocycles. The van der Waals surface area contributed by atoms with Crippen molar-refractivity contribution >= 4 is 27.4 Å². The molecule has 2 N–H and O–H groups in total. The van der Waals surface area contributed by atoms with Gasteiger partial charge in [0.2, 0.25) is 10.0 Å². The first kappa shape index (κ1) is 13.5. The zero-order valence-electron chi connectivity index (χ0n) is 9.98. The van der Waals surface area contributed by atoms with E-state index >= 15 is 0 Å². The summed E-state index contributed by atoms with van der Waals surface area (Å²) in [6.07, 6.45) is 3.34. The number of hydrogen-bond donors (Lipinski definition) is 2. The van der Waals surface area contributed by atoms with Gasteiger partial charge in [-0.05, 0) is 12.8 Å². The quantitative estimate of drug-likeness (QED) is 0.602. The third-order valence-corrected chi connectivity index (χ3v) is 3.37. The average molecular weight is 291 g/mol. The molecule has 1 aliphatic rings. The first-order chi connectivity index (χ1) is 8.44. The average Bonchev–Trinajstić information content (AvgIpc) is 3.06. The van der Waals surface area contributed by atoms with Crippen molar-refractivity contribution in [3.05, 3.63) is 17.0 Å². The summed E-state index contributed by atoms with van der Waals surface area (Å²) in [4.78, 5) is 8.51. The highest BCUT2D eigenvalue weighted by Crippen LogP contribution is 2.38. The zero-order chi connectivity index (χ0) is 13.2. The largest absolute Gasteiger partial charge is 0.369 e. The molecule has 6 nitrogen and oxygen atoms in total. The van der Waals surface area contributed by atoms with Crippen LogP contribution in [0.2, 0.25) is 5.15 Å². The van der Waals surface area contributed by atoms with Crippen LogP contribution in [0.3, 0.4) is 0 Å². The Morgan fingerprint density at radius 2 is 2.11 bits per heavy atom. The maximum absolute atomic E-state index is 10.9. The third kappa shape index (κ3) is 4.40. The van der Waals surface area contributed by atoms with Crippen LogP contribution in [0.25, 0.3) is 0 Å². The zero-order valence-corrected chi connectivity index (χ0v) is 11.6. The fourth-order valence-electron chi connectivity index (χ4n) is 1.48. The number of sulfonamides is 1. The smallest absolute Gasteiger partial charge is 0.208 e. The molecule has 1 aromatic rings. The first-order valence-electron chi connectivity index (χ1n) is 5.67. The minimum absolute atomic E-state index is 0.305. The lowest BCUT2D eigenvalue weighted by Gasteiger charge is -2.07. The Bertz CT molecular complexity index is 531. The molecule has 0 unspecified atom stereocenters. The van der Waals surface area contributed by atoms with Crippen LogP contribution in [-0.4, -0.2) is 37.7 Å². The van der Waals surface area contributed by atoms with E-state index in [1.54, 1.807) is 6.07 Å². The molecule has 0 radical (unpaired) electrons. The number of nitrogens with one attached hydrogen (secondary N) is 2. The molecule has 1 heterocycles. The van der Waals surface area contributed by atoms with Crippen molar-refractivity contribution in [2.24, 2.45) is 0 Å². The van der Waals surface area contributed by atoms with Crippen LogP contribution in [0.5, 0.6) is 0 Å². The number of nitrogens with zero attached hydrogens (tertiary/aromatic N) is 2. The summed E-state index contributed by atoms with van der Waals surface area (Å²) < 4.78 is 24.1. The molecule has 8 heteroatoms. The summed E-state index contributed by atoms with van der Waals surface area (Å²) in [5, 5.41) is 3.43. The van der Waals surface area contributed by atoms with Gasteiger partial charge in [0.15, 0.2) is 0 Å². The van der Waals surface area contributed by atoms with E-state index in [9.17, 15) is 8.42 Å². The van der Waals surface area contributed by atoms with Gasteiger partial charge in [0.25, 0.3) is 0 Å². The lowest BCUT2D eigenvalue weighted by atomic mass is 10.4. The van der Waals surface area contributed by atoms with Gasteiger partial charge in [0.05, 0.1) is 6.26 Å². The molecule has 1 fully saturated rings. The van der Waals surface area contributed by atoms with Crippen LogP contribution in [0.1, 0.15) is 24.6 Å². The van der Waals surface area contributed by atoms with E-state index < -0.39 is 10.0 Å². The van der Waals surface area contributed by atoms with Gasteiger partial charge in [-0.1, -0.05) is 11.6 Å². The van der Waals surface area contributed by atoms with Gasteiger partial charge in [0.1, 0.15) is 16.8 Å². The lowest BCUT2D eigenvalue weighted by Crippen LogP contribution is -2.27. The number of hydrogen-bond acceptors (Lipinski definition) is 5. The van der Waals surface area contributed by atoms with Crippen molar-refractivity contribution in [3.8, 4) is 0 Å². The lowest BCUT2D eigenvalue weighted by molar-refractivity contribution is 0.589. The summed E-state index contributed by atoms with van der Waals surface area (Å²) in [5.74, 6) is 1.83. The molecule has 0 aliphatic heterocycles. The Balaban J connectivity index is 1.89. The predicted molar refractivity (Wildman–Crippen MR) is 70.4 cm³/mol. The maximum Gasteiger partial charge on any atom is 0.208 e. The topological polar surface area (TPSA) is 84.0 Å². The molecule has 18 heavy (non-hydrogen) atoms. The monoisotopic (exact) mass is 290 g/mol. The fourth-order valence-corrected chi connectivity index (χ4v) is 2.14. The van der Waals surface area contributed by atoms with Gasteiger partial charge >= 0.3 is 0 Å². The second-order valence-electron chi connectivity index (χ2n) is 4.30. The third-order valence-electron chi connectivity index (χ3n) is 2.45. The van der Waals surface area contributed by atoms with Crippen LogP contribution in [-0.2, 0) is 10.0 Å². The first-order valence-corrected chi connectivity index (χ1v) is 7.94. The minimum atomic E-state index is -3.15. The van der Waals surface area contributed by atoms with E-state index in [0.717, 1.165) is 24.9 Å². The van der Waals surface area contributed by atoms with Crippen molar-refractivity contribution in [2.45, 2.75) is 18.8 Å². The van der Waals surface area contributed by atoms with E-state index in [-0.39, 0.29) is 0 Å². The van der Waals surface area contributed by atoms with Crippen molar-refractivity contribution in [1.82, 2.24) is 14.7 Å². The molecule has 0 aromatic carbocycles. The summed E-state index contributed by atoms with van der Waals surface area (Å²) in [6, 6.07) is 1.63. The van der Waals surface area contributed by atoms with Gasteiger partial charge in [-0.25, -0.2) is 23.1 Å². The molecule has 0 bridgehead atoms. The number of anilines is 1. The predicted octanol–water partition coefficient (Wildman–Crippen LogP) is 0.968. The number of rotatable bonds is 6. The van der Waals surface area contributed by atoms with Gasteiger partial charge in [-0.2, -0.15) is 0 Å². The standard InChI is InChI=1S/C10H15ClN4O2S/c1-18(16,17)13-5-4-12-9-6-8(11)14-10(15-9)7-2-3-7/h6-7,13H,2-5H2,1H3,(H,12,14,15). The van der Waals surface area contributed by atoms with Crippen LogP contribution in [0.15, 0.2) is 6.07 Å². The van der Waals surface area contributed by atoms with E-state index in [2.05, 4.69) is 20.0 Å². The van der Waals surface area contributed by atoms with E-state index in [1.165, 1.54) is 0 Å². The van der Waals surface area contributed by atoms with E-state index in [1.807, 2.05) is 0 Å². The van der Waals surface area contributed by atoms with E-state index in [4.69, 9.17) is 11.6 Å². The molecule has 100 valence electrons. The molecule has 0 atom stereocenters. The van der Waals surface area contributed by atoms with Gasteiger partial charge in [-0.3, -0.25) is 0 Å². The van der Waals surface area contributed by atoms with Crippen LogP contribution < -0.4 is 10.0 Å². The summed E-state index contributed by atoms with van der Waals surface area (Å²) >= 11 is 5.90. The van der Waals surface area contributed by atoms with Crippen molar-refractivity contribution in [1.29, 1.82) is 0 Å². The molecule has 1 aliphatic carbocycles. The molecular formula is C10H15ClN4O2S. The highest BCUT2D eigenvalue weighted by atomic mass is 35.5. The molecule has 2 rings (SSSR count). The minimum Gasteiger partial charge on any atom is -0.369 e. The Morgan fingerprint density at radius 1 is 1.39 bits per heavy atom. The van der Waals surface area contributed by atoms with Crippen LogP contribution >= 0.6 is 11.6 Å². The normalized spacial score (nSPS) is 15.7. The Morgan fingerprint density at radius 3 is 2.72 bits per heavy atom. The summed E-state index contributed by atoms with van der Waals surface area (Å²) in [5.41, 5.74) is 0. The summed E-state index contributed by atoms with van der Waals surface area (Å²) in [6.45, 7) is 0.754. The van der Waals surface area contributed by atoms with Crippen molar-refractivity contribution < 1.29 is 8.42 Å². The van der Waals surface area contributed by atoms with Gasteiger partial charge in [0, 0.05) is 25.1 Å². The number of aromatic nitrogens is 2. The molecule has 0 spiro atoms. The van der Waals surface area contributed by atoms with Crippen LogP contribution in [0, 0.1) is 0 Å². The highest BCUT2D eigenvalue weighted by Gasteiger charge is 2.27. The van der Waals surface area contributed by atoms with E-state index in [0.29, 0.717) is 30.0 Å². The number of halogens is 1. The van der Waals surface area contributed by atoms with Gasteiger partial charge in [-0.15, -0.1) is 0 Å². The van der Waals surface area contributed by atoms with Crippen LogP contribution in [0.4, 0.5) is 5.82 Å². The highest BCUT2D eigenvalue weighted by molar-refractivity contribution is 7.88. The van der Waals surface area contributed by atoms with Crippen molar-refractivity contribution in [2.75, 3.05) is 24.7 Å². The molecular weight excluding hydrogens is 276 g/mol. The second-order valence-corrected chi connectivity index (χ2v) is 6.52. The maximum atomic E-state index is 10.9. The molecule has 0 amide bonds. The fraction of sp³-hybridized carbons (Fsp3) is 0.600. The second kappa shape index (κ2) is 5.38. The Hall–Kier alpha value is -0.920. The molecule has 1 aromatic heterocycles. The molecule has 1 saturated carbocycles.